The SMILES string of the molecule is BrB(Br)Br.BrCCCBr.C.CC#N.CC(=O)OB(OC(C)=O)OC(C)=O.CC(C)CN.COc1cc(C)c(O)c(O)c1.COc1cc(C)c(OC)c(O)c1.Cc1cc(C=O)cc2c1OCCCO2.Cc1cc(CNCC(C)C)cc2c1OCCCO2.O=CO[O-].[H-].[H-].[K+].[K+].[Na+]. The molecule has 0 spiro atoms. The summed E-state index contributed by atoms with van der Waals surface area (Å²) in [4.78, 5) is 53.1. The van der Waals surface area contributed by atoms with E-state index in [1.807, 2.05) is 13.8 Å². The molecule has 2 aliphatic rings. The van der Waals surface area contributed by atoms with E-state index < -0.39 is 25.2 Å². The van der Waals surface area contributed by atoms with Crippen molar-refractivity contribution in [3.8, 4) is 63.6 Å². The van der Waals surface area contributed by atoms with E-state index in [1.54, 1.807) is 44.4 Å². The number of hydrogen-bond donors (Lipinski definition) is 5. The zero-order chi connectivity index (χ0) is 69.0. The van der Waals surface area contributed by atoms with Gasteiger partial charge in [-0.25, -0.2) is 0 Å². The van der Waals surface area contributed by atoms with Crippen molar-refractivity contribution >= 4 is 120 Å². The number of rotatable bonds is 15. The molecule has 0 radical (unpaired) electrons. The Morgan fingerprint density at radius 3 is 1.41 bits per heavy atom. The van der Waals surface area contributed by atoms with Crippen LogP contribution in [0.4, 0.5) is 0 Å². The third-order valence-corrected chi connectivity index (χ3v) is 11.0. The number of aldehydes is 1. The van der Waals surface area contributed by atoms with E-state index in [4.69, 9.17) is 64.4 Å². The maximum absolute atomic E-state index is 10.6. The first kappa shape index (κ1) is 108. The number of nitrogens with one attached hydrogen (secondary N) is 1. The largest absolute Gasteiger partial charge is 1.00 e. The molecule has 0 aliphatic carbocycles. The summed E-state index contributed by atoms with van der Waals surface area (Å²) in [5.41, 5.74) is 10.6. The number of nitrogens with zero attached hydrogens (tertiary/aromatic N) is 1. The van der Waals surface area contributed by atoms with Gasteiger partial charge >= 0.3 is 143 Å². The number of carbonyl (C=O) groups excluding carboxylic acids is 5. The number of fused-ring (bicyclic) bond motifs is 2. The molecule has 0 saturated heterocycles. The van der Waals surface area contributed by atoms with Crippen LogP contribution in [0.2, 0.25) is 0 Å². The number of nitriles is 1. The Hall–Kier alpha value is -1.40. The van der Waals surface area contributed by atoms with Gasteiger partial charge in [0.2, 0.25) is 0 Å². The third-order valence-electron chi connectivity index (χ3n) is 9.89. The van der Waals surface area contributed by atoms with Gasteiger partial charge in [-0.15, -0.1) is 47.3 Å². The number of phenols is 3. The van der Waals surface area contributed by atoms with Gasteiger partial charge < -0.3 is 86.5 Å². The van der Waals surface area contributed by atoms with Gasteiger partial charge in [0.15, 0.2) is 46.0 Å². The van der Waals surface area contributed by atoms with Crippen LogP contribution in [-0.4, -0.2) is 128 Å². The first-order chi connectivity index (χ1) is 42.0. The van der Waals surface area contributed by atoms with Crippen LogP contribution in [0.5, 0.6) is 57.5 Å². The van der Waals surface area contributed by atoms with Crippen LogP contribution in [0.25, 0.3) is 0 Å². The van der Waals surface area contributed by atoms with Gasteiger partial charge in [0, 0.05) is 75.4 Å². The van der Waals surface area contributed by atoms with Crippen molar-refractivity contribution in [1.82, 2.24) is 5.32 Å². The average Bonchev–Trinajstić information content (AvgIpc) is 1.83. The number of alkyl halides is 2. The summed E-state index contributed by atoms with van der Waals surface area (Å²) >= 11 is 15.9. The average molecular weight is 1700 g/mol. The Balaban J connectivity index is -0.000000109. The van der Waals surface area contributed by atoms with Crippen molar-refractivity contribution in [1.29, 1.82) is 5.26 Å². The quantitative estimate of drug-likeness (QED) is 0.0284. The van der Waals surface area contributed by atoms with Crippen molar-refractivity contribution < 1.29 is 232 Å². The number of benzene rings is 4. The fourth-order valence-corrected chi connectivity index (χ4v) is 7.47. The Labute approximate surface area is 703 Å². The topological polar surface area (TPSA) is 332 Å². The van der Waals surface area contributed by atoms with Crippen molar-refractivity contribution in [2.75, 3.05) is 71.5 Å². The molecule has 93 heavy (non-hydrogen) atoms. The van der Waals surface area contributed by atoms with Crippen molar-refractivity contribution in [2.24, 2.45) is 17.6 Å². The molecule has 4 aromatic carbocycles. The third kappa shape index (κ3) is 59.2. The number of methoxy groups -OCH3 is 3. The predicted molar refractivity (Wildman–Crippen MR) is 370 cm³/mol. The van der Waals surface area contributed by atoms with E-state index >= 15 is 0 Å². The summed E-state index contributed by atoms with van der Waals surface area (Å²) in [6.07, 6.45) is 3.88. The normalized spacial score (nSPS) is 10.2. The first-order valence-electron chi connectivity index (χ1n) is 27.2. The molecule has 2 aliphatic heterocycles. The van der Waals surface area contributed by atoms with E-state index in [2.05, 4.69) is 150 Å². The summed E-state index contributed by atoms with van der Waals surface area (Å²) in [5, 5.41) is 49.0. The fourth-order valence-electron chi connectivity index (χ4n) is 6.15. The molecule has 0 unspecified atom stereocenters. The minimum atomic E-state index is -1.59. The zero-order valence-electron chi connectivity index (χ0n) is 58.3. The van der Waals surface area contributed by atoms with E-state index in [-0.39, 0.29) is 170 Å². The Bertz CT molecular complexity index is 2610. The number of halogens is 5. The number of nitrogens with two attached hydrogens (primary N) is 1. The molecule has 6 rings (SSSR count). The van der Waals surface area contributed by atoms with Crippen LogP contribution in [0.3, 0.4) is 0 Å². The molecule has 0 amide bonds. The van der Waals surface area contributed by atoms with Crippen molar-refractivity contribution in [3.05, 3.63) is 81.9 Å². The molecule has 0 fully saturated rings. The van der Waals surface area contributed by atoms with Crippen molar-refractivity contribution in [2.45, 2.75) is 116 Å². The summed E-state index contributed by atoms with van der Waals surface area (Å²) < 4.78 is 50.6. The van der Waals surface area contributed by atoms with Crippen LogP contribution < -0.4 is 182 Å². The second kappa shape index (κ2) is 69.1. The number of ether oxygens (including phenoxy) is 7. The Morgan fingerprint density at radius 1 is 0.699 bits per heavy atom. The minimum absolute atomic E-state index is 0. The van der Waals surface area contributed by atoms with Crippen molar-refractivity contribution in [3.63, 3.8) is 0 Å². The van der Waals surface area contributed by atoms with Crippen LogP contribution in [0.15, 0.2) is 48.5 Å². The molecule has 2 heterocycles. The van der Waals surface area contributed by atoms with Gasteiger partial charge in [-0.1, -0.05) is 73.0 Å². The Morgan fingerprint density at radius 2 is 1.09 bits per heavy atom. The van der Waals surface area contributed by atoms with Crippen LogP contribution in [-0.2, 0) is 44.6 Å². The number of aryl methyl sites for hydroxylation is 4. The first-order valence-corrected chi connectivity index (χ1v) is 32.2. The van der Waals surface area contributed by atoms with E-state index in [0.29, 0.717) is 59.2 Å². The molecule has 0 saturated carbocycles. The fraction of sp³-hybridized carbons (Fsp3) is 0.500. The summed E-state index contributed by atoms with van der Waals surface area (Å²) in [5.74, 6) is 3.99. The van der Waals surface area contributed by atoms with Crippen LogP contribution >= 0.6 is 79.1 Å². The Kier molecular flexibility index (Phi) is 79.9. The summed E-state index contributed by atoms with van der Waals surface area (Å²) in [7, 11) is 2.99. The van der Waals surface area contributed by atoms with Crippen LogP contribution in [0.1, 0.15) is 123 Å². The maximum atomic E-state index is 10.6. The monoisotopic (exact) mass is 1690 g/mol. The molecule has 6 N–H and O–H groups in total. The van der Waals surface area contributed by atoms with E-state index in [9.17, 15) is 24.3 Å². The van der Waals surface area contributed by atoms with Gasteiger partial charge in [-0.05, 0) is 117 Å². The molecule has 0 bridgehead atoms. The maximum Gasteiger partial charge on any atom is 1.00 e. The van der Waals surface area contributed by atoms with Gasteiger partial charge in [0.05, 0.1) is 53.8 Å². The molecular formula is C60H93B2Br5K2N3NaO20. The number of phenolic OH excluding ortho intramolecular Hbond substituents is 3. The van der Waals surface area contributed by atoms with Gasteiger partial charge in [0.25, 0.3) is 24.4 Å². The summed E-state index contributed by atoms with van der Waals surface area (Å²) in [6, 6.07) is 15.9. The van der Waals surface area contributed by atoms with Crippen LogP contribution in [0, 0.1) is 50.9 Å². The minimum Gasteiger partial charge on any atom is -1.00 e. The van der Waals surface area contributed by atoms with Gasteiger partial charge in [-0.2, -0.15) is 5.26 Å². The number of hydrogen-bond acceptors (Lipinski definition) is 23. The standard InChI is InChI=1S/C15H23NO2.C11H12O3.C9H12O3.C8H10O3.C6H9BO6.C4H11N.C3H6Br2.C2H3N.CH2O3.CH4.BBr3.2K.Na.2H/c1-11(2)9-16-10-13-7-12(3)15-14(8-13)17-5-4-6-18-15;1-8-5-9(7-12)6-10-11(8)14-4-2-3-13-10;1-6-4-7(11-2)5-8(10)9(6)12-3;1-5-3-6(11-2)4-7(9)8(5)10;1-4(8)11-7(12-5(2)9)13-6(3)10;1-4(2)3-5;4-2-1-3-5;1-2-3;2-1-4-3;;2-1(3)4;;;;;/h7-8,11,16H,4-6,9-10H2,1-3H3;5-7H,2-4H2,1H3;4-5,10H,1-3H3;3-4,9-10H,1-2H3;1-3H3;4H,3,5H2,1-2H3;1-3H2;1H3;1,3H;1H4;;;;;;/q;;;;;;;;;;;3*+1;2*-1/p-1. The molecule has 4 aromatic rings. The molecular weight excluding hydrogens is 1600 g/mol. The van der Waals surface area contributed by atoms with Gasteiger partial charge in [-0.3, -0.25) is 24.0 Å². The second-order valence-corrected chi connectivity index (χ2v) is 26.6. The predicted octanol–water partition coefficient (Wildman–Crippen LogP) is 3.43. The van der Waals surface area contributed by atoms with E-state index in [0.717, 1.165) is 117 Å². The zero-order valence-corrected chi connectivity index (χ0v) is 72.4. The molecule has 33 heteroatoms. The number of carbonyl (C=O) groups is 5. The number of aromatic hydroxyl groups is 3. The molecule has 23 nitrogen and oxygen atoms in total. The van der Waals surface area contributed by atoms with Gasteiger partial charge in [0.1, 0.15) is 17.8 Å². The second-order valence-electron chi connectivity index (χ2n) is 18.6. The molecule has 0 atom stereocenters. The smallest absolute Gasteiger partial charge is 1.00 e. The molecule has 0 aromatic heterocycles. The summed E-state index contributed by atoms with van der Waals surface area (Å²) in [6.45, 7) is 26.2. The van der Waals surface area contributed by atoms with E-state index in [1.165, 1.54) is 45.3 Å². The molecule has 512 valence electrons.